The quantitative estimate of drug-likeness (QED) is 0.0363. The van der Waals surface area contributed by atoms with Gasteiger partial charge in [0.2, 0.25) is 5.91 Å². The number of unbranched alkanes of at least 4 members (excludes halogenated alkanes) is 43. The summed E-state index contributed by atoms with van der Waals surface area (Å²) in [7, 11) is 0. The maximum atomic E-state index is 12.5. The van der Waals surface area contributed by atoms with Crippen molar-refractivity contribution in [3.05, 3.63) is 12.2 Å². The molecule has 1 amide bonds. The summed E-state index contributed by atoms with van der Waals surface area (Å²) < 4.78 is 0. The highest BCUT2D eigenvalue weighted by Crippen LogP contribution is 2.18. The van der Waals surface area contributed by atoms with Gasteiger partial charge < -0.3 is 20.6 Å². The number of rotatable bonds is 51. The molecule has 3 atom stereocenters. The number of hydrogen-bond donors (Lipinski definition) is 4. The van der Waals surface area contributed by atoms with Gasteiger partial charge in [0.15, 0.2) is 0 Å². The van der Waals surface area contributed by atoms with E-state index in [1.807, 2.05) is 6.08 Å². The fourth-order valence-electron chi connectivity index (χ4n) is 8.84. The second kappa shape index (κ2) is 50.7. The smallest absolute Gasteiger partial charge is 0.249 e. The highest BCUT2D eigenvalue weighted by molar-refractivity contribution is 5.80. The van der Waals surface area contributed by atoms with Crippen molar-refractivity contribution in [1.82, 2.24) is 5.32 Å². The summed E-state index contributed by atoms with van der Waals surface area (Å²) in [4.78, 5) is 12.5. The first-order valence-corrected chi connectivity index (χ1v) is 27.5. The summed E-state index contributed by atoms with van der Waals surface area (Å²) in [6.45, 7) is 4.21. The van der Waals surface area contributed by atoms with Gasteiger partial charge in [-0.3, -0.25) is 4.79 Å². The molecule has 0 radical (unpaired) electrons. The van der Waals surface area contributed by atoms with E-state index in [4.69, 9.17) is 0 Å². The fraction of sp³-hybridized carbons (Fsp3) is 0.945. The Bertz CT molecular complexity index is 848. The second-order valence-electron chi connectivity index (χ2n) is 19.2. The van der Waals surface area contributed by atoms with Crippen LogP contribution in [-0.2, 0) is 4.79 Å². The number of allylic oxidation sites excluding steroid dienone is 1. The van der Waals surface area contributed by atoms with Gasteiger partial charge in [0.25, 0.3) is 0 Å². The zero-order chi connectivity index (χ0) is 43.7. The number of hydrogen-bond acceptors (Lipinski definition) is 4. The van der Waals surface area contributed by atoms with Gasteiger partial charge in [-0.1, -0.05) is 302 Å². The van der Waals surface area contributed by atoms with Crippen LogP contribution in [0, 0.1) is 0 Å². The van der Waals surface area contributed by atoms with Crippen LogP contribution in [0.1, 0.15) is 309 Å². The summed E-state index contributed by atoms with van der Waals surface area (Å²) in [5.41, 5.74) is 0. The fourth-order valence-corrected chi connectivity index (χ4v) is 8.84. The highest BCUT2D eigenvalue weighted by Gasteiger charge is 2.22. The zero-order valence-corrected chi connectivity index (χ0v) is 40.9. The van der Waals surface area contributed by atoms with E-state index >= 15 is 0 Å². The molecule has 5 nitrogen and oxygen atoms in total. The monoisotopic (exact) mass is 848 g/mol. The summed E-state index contributed by atoms with van der Waals surface area (Å²) in [6, 6.07) is -0.793. The third-order valence-electron chi connectivity index (χ3n) is 13.1. The lowest BCUT2D eigenvalue weighted by molar-refractivity contribution is -0.131. The standard InChI is InChI=1S/C55H109NO4/c1-3-5-7-9-11-13-15-17-19-20-21-22-23-24-25-26-27-28-29-30-31-32-33-34-36-38-40-42-44-46-48-50-54(59)55(60)56-52(51-57)53(58)49-47-45-43-41-39-37-35-18-16-14-12-10-8-6-4-2/h47,49,52-54,57-59H,3-46,48,50-51H2,1-2H3,(H,56,60)/b49-47+. The molecule has 5 heteroatoms. The van der Waals surface area contributed by atoms with Crippen LogP contribution in [0.4, 0.5) is 0 Å². The minimum Gasteiger partial charge on any atom is -0.394 e. The molecule has 0 saturated carbocycles. The van der Waals surface area contributed by atoms with Crippen molar-refractivity contribution in [2.45, 2.75) is 327 Å². The maximum absolute atomic E-state index is 12.5. The topological polar surface area (TPSA) is 89.8 Å². The molecule has 0 saturated heterocycles. The second-order valence-corrected chi connectivity index (χ2v) is 19.2. The minimum atomic E-state index is -1.09. The van der Waals surface area contributed by atoms with Crippen LogP contribution < -0.4 is 5.32 Å². The van der Waals surface area contributed by atoms with E-state index in [0.717, 1.165) is 32.1 Å². The Kier molecular flexibility index (Phi) is 50.0. The van der Waals surface area contributed by atoms with Gasteiger partial charge in [-0.15, -0.1) is 0 Å². The SMILES string of the molecule is CCCCCCCCCCCCCCC/C=C/C(O)C(CO)NC(=O)C(O)CCCCCCCCCCCCCCCCCCCCCCCCCCCCCCCCC. The van der Waals surface area contributed by atoms with Crippen molar-refractivity contribution in [3.8, 4) is 0 Å². The molecule has 358 valence electrons. The predicted octanol–water partition coefficient (Wildman–Crippen LogP) is 16.7. The van der Waals surface area contributed by atoms with Gasteiger partial charge in [-0.2, -0.15) is 0 Å². The van der Waals surface area contributed by atoms with Gasteiger partial charge in [-0.05, 0) is 19.3 Å². The van der Waals surface area contributed by atoms with Crippen LogP contribution in [0.15, 0.2) is 12.2 Å². The number of carbonyl (C=O) groups is 1. The summed E-state index contributed by atoms with van der Waals surface area (Å²) >= 11 is 0. The Labute approximate surface area is 376 Å². The van der Waals surface area contributed by atoms with E-state index < -0.39 is 24.2 Å². The van der Waals surface area contributed by atoms with Gasteiger partial charge in [0, 0.05) is 0 Å². The predicted molar refractivity (Wildman–Crippen MR) is 264 cm³/mol. The van der Waals surface area contributed by atoms with E-state index in [0.29, 0.717) is 6.42 Å². The van der Waals surface area contributed by atoms with Crippen molar-refractivity contribution < 1.29 is 20.1 Å². The maximum Gasteiger partial charge on any atom is 0.249 e. The van der Waals surface area contributed by atoms with Crippen LogP contribution in [0.2, 0.25) is 0 Å². The lowest BCUT2D eigenvalue weighted by Gasteiger charge is -2.21. The zero-order valence-electron chi connectivity index (χ0n) is 40.9. The molecule has 0 heterocycles. The molecule has 4 N–H and O–H groups in total. The van der Waals surface area contributed by atoms with Gasteiger partial charge >= 0.3 is 0 Å². The lowest BCUT2D eigenvalue weighted by Crippen LogP contribution is -2.48. The Hall–Kier alpha value is -0.910. The summed E-state index contributed by atoms with van der Waals surface area (Å²) in [5.74, 6) is -0.497. The molecule has 60 heavy (non-hydrogen) atoms. The molecule has 0 spiro atoms. The lowest BCUT2D eigenvalue weighted by atomic mass is 10.0. The first kappa shape index (κ1) is 59.1. The molecule has 0 aromatic rings. The third kappa shape index (κ3) is 45.1. The van der Waals surface area contributed by atoms with Gasteiger partial charge in [0.05, 0.1) is 18.8 Å². The normalized spacial score (nSPS) is 13.3. The number of aliphatic hydroxyl groups excluding tert-OH is 3. The molecule has 0 aliphatic heterocycles. The molecule has 0 rings (SSSR count). The molecular formula is C55H109NO4. The van der Waals surface area contributed by atoms with Crippen LogP contribution in [0.5, 0.6) is 0 Å². The molecular weight excluding hydrogens is 739 g/mol. The molecule has 0 fully saturated rings. The number of aliphatic hydroxyl groups is 3. The van der Waals surface area contributed by atoms with Crippen molar-refractivity contribution in [2.24, 2.45) is 0 Å². The van der Waals surface area contributed by atoms with E-state index in [1.165, 1.54) is 257 Å². The van der Waals surface area contributed by atoms with E-state index in [2.05, 4.69) is 19.2 Å². The van der Waals surface area contributed by atoms with E-state index in [-0.39, 0.29) is 6.61 Å². The minimum absolute atomic E-state index is 0.359. The van der Waals surface area contributed by atoms with Gasteiger partial charge in [0.1, 0.15) is 6.10 Å². The Morgan fingerprint density at radius 2 is 0.650 bits per heavy atom. The van der Waals surface area contributed by atoms with Crippen LogP contribution in [0.3, 0.4) is 0 Å². The van der Waals surface area contributed by atoms with Crippen molar-refractivity contribution in [2.75, 3.05) is 6.61 Å². The number of amides is 1. The third-order valence-corrected chi connectivity index (χ3v) is 13.1. The molecule has 0 aromatic heterocycles. The van der Waals surface area contributed by atoms with Crippen molar-refractivity contribution in [3.63, 3.8) is 0 Å². The van der Waals surface area contributed by atoms with Crippen LogP contribution in [-0.4, -0.2) is 46.1 Å². The highest BCUT2D eigenvalue weighted by atomic mass is 16.3. The Morgan fingerprint density at radius 1 is 0.400 bits per heavy atom. The molecule has 0 aliphatic rings. The first-order valence-electron chi connectivity index (χ1n) is 27.5. The summed E-state index contributed by atoms with van der Waals surface area (Å²) in [5, 5.41) is 33.3. The molecule has 0 bridgehead atoms. The largest absolute Gasteiger partial charge is 0.394 e. The Morgan fingerprint density at radius 3 is 0.917 bits per heavy atom. The van der Waals surface area contributed by atoms with E-state index in [9.17, 15) is 20.1 Å². The molecule has 3 unspecified atom stereocenters. The van der Waals surface area contributed by atoms with Crippen molar-refractivity contribution >= 4 is 5.91 Å². The molecule has 0 aromatic carbocycles. The van der Waals surface area contributed by atoms with Gasteiger partial charge in [-0.25, -0.2) is 0 Å². The van der Waals surface area contributed by atoms with Crippen LogP contribution >= 0.6 is 0 Å². The number of nitrogens with one attached hydrogen (secondary N) is 1. The Balaban J connectivity index is 3.48. The average Bonchev–Trinajstić information content (AvgIpc) is 3.25. The first-order chi connectivity index (χ1) is 29.6. The van der Waals surface area contributed by atoms with E-state index in [1.54, 1.807) is 6.08 Å². The van der Waals surface area contributed by atoms with Crippen LogP contribution in [0.25, 0.3) is 0 Å². The summed E-state index contributed by atoms with van der Waals surface area (Å²) in [6.07, 6.45) is 62.9. The van der Waals surface area contributed by atoms with Crippen molar-refractivity contribution in [1.29, 1.82) is 0 Å². The number of carbonyl (C=O) groups excluding carboxylic acids is 1. The average molecular weight is 848 g/mol. The molecule has 0 aliphatic carbocycles.